The molecule has 4 N–H and O–H groups in total. The lowest BCUT2D eigenvalue weighted by atomic mass is 9.83. The second-order valence-corrected chi connectivity index (χ2v) is 10.8. The van der Waals surface area contributed by atoms with Crippen molar-refractivity contribution in [3.63, 3.8) is 0 Å². The van der Waals surface area contributed by atoms with Gasteiger partial charge in [0, 0.05) is 29.3 Å². The van der Waals surface area contributed by atoms with Crippen molar-refractivity contribution in [3.8, 4) is 0 Å². The van der Waals surface area contributed by atoms with Gasteiger partial charge in [-0.2, -0.15) is 29.1 Å². The van der Waals surface area contributed by atoms with E-state index in [0.29, 0.717) is 17.3 Å². The number of H-pyrrole nitrogens is 1. The van der Waals surface area contributed by atoms with Gasteiger partial charge in [0.2, 0.25) is 5.70 Å². The maximum Gasteiger partial charge on any atom is 0.416 e. The number of pyridine rings is 1. The van der Waals surface area contributed by atoms with Crippen LogP contribution in [-0.4, -0.2) is 37.7 Å². The largest absolute Gasteiger partial charge is 0.416 e. The number of amides is 1. The number of aromatic nitrogens is 3. The minimum atomic E-state index is -4.54. The number of nitrogens with two attached hydrogens (primary N) is 1. The third kappa shape index (κ3) is 4.49. The van der Waals surface area contributed by atoms with Crippen LogP contribution >= 0.6 is 0 Å². The number of allylic oxidation sites excluding steroid dienone is 2. The van der Waals surface area contributed by atoms with Crippen molar-refractivity contribution in [1.29, 1.82) is 0 Å². The number of alkyl halides is 3. The van der Waals surface area contributed by atoms with Crippen LogP contribution < -0.4 is 11.2 Å². The van der Waals surface area contributed by atoms with Crippen molar-refractivity contribution < 1.29 is 22.6 Å². The van der Waals surface area contributed by atoms with Gasteiger partial charge in [-0.1, -0.05) is 0 Å². The highest BCUT2D eigenvalue weighted by molar-refractivity contribution is 6.05. The molecule has 1 amide bonds. The third-order valence-electron chi connectivity index (χ3n) is 8.09. The minimum absolute atomic E-state index is 0.136. The summed E-state index contributed by atoms with van der Waals surface area (Å²) in [6.45, 7) is 0. The summed E-state index contributed by atoms with van der Waals surface area (Å²) in [6, 6.07) is 8.30. The van der Waals surface area contributed by atoms with E-state index in [9.17, 15) is 18.0 Å². The first-order chi connectivity index (χ1) is 19.7. The maximum absolute atomic E-state index is 13.0. The second kappa shape index (κ2) is 9.32. The number of nitrogens with zero attached hydrogens (tertiary/aromatic N) is 5. The molecule has 0 saturated heterocycles. The highest BCUT2D eigenvalue weighted by atomic mass is 19.4. The first kappa shape index (κ1) is 25.5. The molecule has 1 aromatic carbocycles. The molecule has 7 rings (SSSR count). The fourth-order valence-electron chi connectivity index (χ4n) is 5.79. The highest BCUT2D eigenvalue weighted by Crippen LogP contribution is 2.45. The monoisotopic (exact) mass is 559 g/mol. The lowest BCUT2D eigenvalue weighted by Crippen LogP contribution is -2.53. The molecule has 9 nitrogen and oxygen atoms in total. The maximum atomic E-state index is 13.0. The van der Waals surface area contributed by atoms with Gasteiger partial charge in [-0.15, -0.1) is 4.59 Å². The van der Waals surface area contributed by atoms with Crippen molar-refractivity contribution >= 4 is 23.8 Å². The molecule has 0 bridgehead atoms. The predicted octanol–water partition coefficient (Wildman–Crippen LogP) is 4.98. The molecule has 0 spiro atoms. The van der Waals surface area contributed by atoms with E-state index in [2.05, 4.69) is 25.5 Å². The molecular weight excluding hydrogens is 533 g/mol. The van der Waals surface area contributed by atoms with E-state index in [1.165, 1.54) is 29.8 Å². The molecular formula is C29H26F3N8O+. The Balaban J connectivity index is 1.14. The number of aliphatic imine (C=N–C) groups is 2. The molecule has 41 heavy (non-hydrogen) atoms. The van der Waals surface area contributed by atoms with E-state index in [4.69, 9.17) is 10.8 Å². The normalized spacial score (nSPS) is 23.3. The zero-order chi connectivity index (χ0) is 28.4. The second-order valence-electron chi connectivity index (χ2n) is 10.8. The number of hydrogen-bond acceptors (Lipinski definition) is 6. The van der Waals surface area contributed by atoms with Gasteiger partial charge in [0.25, 0.3) is 11.7 Å². The van der Waals surface area contributed by atoms with Gasteiger partial charge in [-0.25, -0.2) is 4.98 Å². The fourth-order valence-corrected chi connectivity index (χ4v) is 5.79. The standard InChI is InChI=1S/C29H25F3N8O/c30-29(31,32)20-9-10-35-24(14-20)36-28(41)18-5-3-17(4-6-18)27-37-26(23-15-34-11-12-40(23,27)33)19-7-8-22-21(13-19)25(39-38-22)16-1-2-16/h3-6,9-12,14-16,19H,1-2,7-8,13,33H2,(H-,35,36,38,39,41)/p+1. The summed E-state index contributed by atoms with van der Waals surface area (Å²) in [7, 11) is 0. The van der Waals surface area contributed by atoms with Gasteiger partial charge in [0.1, 0.15) is 17.7 Å². The smallest absolute Gasteiger partial charge is 0.307 e. The first-order valence-corrected chi connectivity index (χ1v) is 13.4. The number of fused-ring (bicyclic) bond motifs is 2. The Bertz CT molecular complexity index is 1680. The van der Waals surface area contributed by atoms with Gasteiger partial charge in [0.15, 0.2) is 0 Å². The summed E-state index contributed by atoms with van der Waals surface area (Å²) in [5.74, 6) is 7.47. The molecule has 4 aliphatic rings. The molecule has 2 unspecified atom stereocenters. The zero-order valence-corrected chi connectivity index (χ0v) is 21.8. The van der Waals surface area contributed by atoms with Gasteiger partial charge >= 0.3 is 6.18 Å². The van der Waals surface area contributed by atoms with Crippen LogP contribution in [0.2, 0.25) is 0 Å². The Hall–Kier alpha value is -4.42. The molecule has 2 aliphatic carbocycles. The summed E-state index contributed by atoms with van der Waals surface area (Å²) in [5.41, 5.74) is 5.51. The lowest BCUT2D eigenvalue weighted by Gasteiger charge is -2.27. The molecule has 0 radical (unpaired) electrons. The summed E-state index contributed by atoms with van der Waals surface area (Å²) in [5, 5.41) is 10.3. The molecule has 3 aromatic rings. The van der Waals surface area contributed by atoms with E-state index < -0.39 is 17.6 Å². The molecule has 2 aliphatic heterocycles. The Morgan fingerprint density at radius 2 is 1.90 bits per heavy atom. The number of aromatic amines is 1. The number of rotatable bonds is 5. The Labute approximate surface area is 233 Å². The Morgan fingerprint density at radius 1 is 1.10 bits per heavy atom. The SMILES string of the molecule is N[N+]12C=CN=CC1=C(C1CCc3[nH]nc(C4CC4)c3C1)N=C2c1ccc(C(=O)Nc2cc(C(F)(F)F)ccn2)cc1. The summed E-state index contributed by atoms with van der Waals surface area (Å²) in [6.07, 6.45) is 6.67. The van der Waals surface area contributed by atoms with Crippen molar-refractivity contribution in [2.75, 3.05) is 5.32 Å². The highest BCUT2D eigenvalue weighted by Gasteiger charge is 2.46. The number of benzene rings is 1. The number of hydrogen-bond donors (Lipinski definition) is 3. The molecule has 12 heteroatoms. The average Bonchev–Trinajstić information content (AvgIpc) is 3.64. The van der Waals surface area contributed by atoms with Gasteiger partial charge in [0.05, 0.1) is 29.2 Å². The van der Waals surface area contributed by atoms with E-state index in [1.807, 2.05) is 0 Å². The molecule has 208 valence electrons. The summed E-state index contributed by atoms with van der Waals surface area (Å²) in [4.78, 5) is 26.0. The van der Waals surface area contributed by atoms with Crippen molar-refractivity contribution in [3.05, 3.63) is 100 Å². The fraction of sp³-hybridized carbons (Fsp3) is 0.276. The van der Waals surface area contributed by atoms with Crippen LogP contribution in [0, 0.1) is 5.92 Å². The molecule has 2 aromatic heterocycles. The number of anilines is 1. The number of amidine groups is 1. The van der Waals surface area contributed by atoms with Crippen LogP contribution in [0.25, 0.3) is 0 Å². The molecule has 2 atom stereocenters. The number of nitrogens with one attached hydrogen (secondary N) is 2. The van der Waals surface area contributed by atoms with Crippen molar-refractivity contribution in [2.45, 2.75) is 44.2 Å². The van der Waals surface area contributed by atoms with E-state index >= 15 is 0 Å². The molecule has 1 fully saturated rings. The number of carbonyl (C=O) groups is 1. The van der Waals surface area contributed by atoms with Gasteiger partial charge < -0.3 is 5.32 Å². The lowest BCUT2D eigenvalue weighted by molar-refractivity contribution is -0.750. The van der Waals surface area contributed by atoms with E-state index in [1.54, 1.807) is 42.9 Å². The minimum Gasteiger partial charge on any atom is -0.307 e. The topological polar surface area (TPSA) is 121 Å². The van der Waals surface area contributed by atoms with Crippen molar-refractivity contribution in [1.82, 2.24) is 15.2 Å². The predicted molar refractivity (Wildman–Crippen MR) is 145 cm³/mol. The number of halogens is 3. The van der Waals surface area contributed by atoms with Crippen LogP contribution in [0.15, 0.2) is 76.4 Å². The first-order valence-electron chi connectivity index (χ1n) is 13.4. The molecule has 1 saturated carbocycles. The Morgan fingerprint density at radius 3 is 2.66 bits per heavy atom. The van der Waals surface area contributed by atoms with Crippen molar-refractivity contribution in [2.24, 2.45) is 21.7 Å². The summed E-state index contributed by atoms with van der Waals surface area (Å²) >= 11 is 0. The zero-order valence-electron chi connectivity index (χ0n) is 21.8. The average molecular weight is 560 g/mol. The van der Waals surface area contributed by atoms with E-state index in [0.717, 1.165) is 49.0 Å². The van der Waals surface area contributed by atoms with Crippen LogP contribution in [0.1, 0.15) is 63.6 Å². The van der Waals surface area contributed by atoms with Crippen LogP contribution in [0.4, 0.5) is 19.0 Å². The number of carbonyl (C=O) groups excluding carboxylic acids is 1. The van der Waals surface area contributed by atoms with Gasteiger partial charge in [-0.05, 0) is 74.1 Å². The van der Waals surface area contributed by atoms with Gasteiger partial charge in [-0.3, -0.25) is 14.9 Å². The van der Waals surface area contributed by atoms with Crippen LogP contribution in [0.3, 0.4) is 0 Å². The van der Waals surface area contributed by atoms with E-state index in [-0.39, 0.29) is 21.9 Å². The number of aryl methyl sites for hydroxylation is 1. The Kier molecular flexibility index (Phi) is 5.80. The number of quaternary nitrogens is 1. The molecule has 4 heterocycles. The van der Waals surface area contributed by atoms with Crippen LogP contribution in [-0.2, 0) is 19.0 Å². The quantitative estimate of drug-likeness (QED) is 0.302. The third-order valence-corrected chi connectivity index (χ3v) is 8.09. The summed E-state index contributed by atoms with van der Waals surface area (Å²) < 4.78 is 39.0. The van der Waals surface area contributed by atoms with Crippen LogP contribution in [0.5, 0.6) is 0 Å².